The number of hydrogen-bond acceptors (Lipinski definition) is 10. The second-order valence-electron chi connectivity index (χ2n) is 7.48. The van der Waals surface area contributed by atoms with Crippen molar-refractivity contribution in [1.82, 2.24) is 0 Å². The quantitative estimate of drug-likeness (QED) is 0.172. The number of nitrogens with two attached hydrogens (primary N) is 2. The number of aliphatic imine (C=N–C) groups is 3. The lowest BCUT2D eigenvalue weighted by Crippen LogP contribution is -2.02. The maximum atomic E-state index is 10.1. The second kappa shape index (κ2) is 19.2. The van der Waals surface area contributed by atoms with E-state index in [0.717, 1.165) is 42.6 Å². The molecule has 0 spiro atoms. The van der Waals surface area contributed by atoms with E-state index in [4.69, 9.17) is 21.5 Å². The molecule has 0 saturated heterocycles. The molecule has 0 aromatic heterocycles. The number of unbranched alkanes of at least 4 members (excludes halogenated alkanes) is 2. The van der Waals surface area contributed by atoms with Crippen LogP contribution in [0, 0.1) is 18.4 Å². The molecular formula is C28H28N6O4. The third-order valence-corrected chi connectivity index (χ3v) is 4.83. The van der Waals surface area contributed by atoms with Gasteiger partial charge in [0.05, 0.1) is 17.1 Å². The van der Waals surface area contributed by atoms with Crippen molar-refractivity contribution in [3.8, 4) is 23.1 Å². The second-order valence-corrected chi connectivity index (χ2v) is 7.48. The van der Waals surface area contributed by atoms with Crippen molar-refractivity contribution < 1.29 is 19.1 Å². The number of nitrogens with zero attached hydrogens (tertiary/aromatic N) is 4. The van der Waals surface area contributed by atoms with Crippen LogP contribution in [0.25, 0.3) is 11.1 Å². The minimum absolute atomic E-state index is 0.426. The molecule has 0 aliphatic rings. The molecule has 0 aliphatic heterocycles. The van der Waals surface area contributed by atoms with Gasteiger partial charge in [-0.2, -0.15) is 15.0 Å². The number of rotatable bonds is 9. The van der Waals surface area contributed by atoms with Crippen molar-refractivity contribution in [2.45, 2.75) is 26.2 Å². The van der Waals surface area contributed by atoms with Gasteiger partial charge in [0.2, 0.25) is 18.2 Å². The van der Waals surface area contributed by atoms with Crippen LogP contribution in [-0.4, -0.2) is 31.3 Å². The molecule has 0 heterocycles. The highest BCUT2D eigenvalue weighted by atomic mass is 16.5. The summed E-state index contributed by atoms with van der Waals surface area (Å²) in [6, 6.07) is 19.2. The van der Waals surface area contributed by atoms with E-state index in [9.17, 15) is 14.4 Å². The van der Waals surface area contributed by atoms with Gasteiger partial charge in [-0.3, -0.25) is 0 Å². The van der Waals surface area contributed by atoms with Gasteiger partial charge in [0.15, 0.2) is 0 Å². The van der Waals surface area contributed by atoms with Crippen molar-refractivity contribution in [3.05, 3.63) is 72.3 Å². The molecule has 10 nitrogen and oxygen atoms in total. The Morgan fingerprint density at radius 1 is 0.711 bits per heavy atom. The minimum atomic E-state index is 0.426. The van der Waals surface area contributed by atoms with Crippen LogP contribution in [0.15, 0.2) is 81.7 Å². The van der Waals surface area contributed by atoms with Crippen LogP contribution < -0.4 is 16.2 Å². The van der Waals surface area contributed by atoms with Crippen LogP contribution >= 0.6 is 0 Å². The summed E-state index contributed by atoms with van der Waals surface area (Å²) < 4.78 is 4.70. The fraction of sp³-hybridized carbons (Fsp3) is 0.214. The Bertz CT molecular complexity index is 1310. The fourth-order valence-electron chi connectivity index (χ4n) is 2.90. The normalized spacial score (nSPS) is 8.89. The maximum Gasteiger partial charge on any atom is 0.292 e. The van der Waals surface area contributed by atoms with Crippen molar-refractivity contribution >= 4 is 35.3 Å². The standard InChI is InChI=1S/C14H8N2O2.C9H6N2O2.C5H14N2/c15-9-18-14-7-3-12(4-8-14)11-1-5-13(6-2-11)16-10-17;1-7-2-3-8(10-5-12)4-9(7)11-6-13;6-4-2-1-3-5-7/h1-8H;2-4H,1H3;1-7H2. The van der Waals surface area contributed by atoms with Gasteiger partial charge in [0.25, 0.3) is 6.26 Å². The third kappa shape index (κ3) is 12.1. The Morgan fingerprint density at radius 2 is 1.21 bits per heavy atom. The summed E-state index contributed by atoms with van der Waals surface area (Å²) in [5.74, 6) is 0.503. The number of ether oxygens (including phenoxy) is 1. The summed E-state index contributed by atoms with van der Waals surface area (Å²) in [5, 5.41) is 8.37. The van der Waals surface area contributed by atoms with Crippen LogP contribution in [0.3, 0.4) is 0 Å². The number of carbonyl (C=O) groups excluding carboxylic acids is 3. The van der Waals surface area contributed by atoms with Crippen molar-refractivity contribution in [2.75, 3.05) is 13.1 Å². The molecule has 0 bridgehead atoms. The molecule has 0 saturated carbocycles. The largest absolute Gasteiger partial charge is 0.388 e. The zero-order chi connectivity index (χ0) is 28.0. The Balaban J connectivity index is 0.000000316. The van der Waals surface area contributed by atoms with Crippen LogP contribution in [0.2, 0.25) is 0 Å². The Morgan fingerprint density at radius 3 is 1.71 bits per heavy atom. The minimum Gasteiger partial charge on any atom is -0.388 e. The van der Waals surface area contributed by atoms with Crippen LogP contribution in [-0.2, 0) is 14.4 Å². The summed E-state index contributed by atoms with van der Waals surface area (Å²) in [7, 11) is 0. The van der Waals surface area contributed by atoms with E-state index in [1.165, 1.54) is 30.7 Å². The summed E-state index contributed by atoms with van der Waals surface area (Å²) in [6.07, 6.45) is 9.38. The SMILES string of the molecule is Cc1ccc(N=C=O)cc1N=C=O.N#COc1ccc(-c2ccc(N=C=O)cc2)cc1.NCCCCCN. The molecule has 3 aromatic carbocycles. The maximum absolute atomic E-state index is 10.1. The van der Waals surface area contributed by atoms with Crippen LogP contribution in [0.1, 0.15) is 24.8 Å². The van der Waals surface area contributed by atoms with Crippen molar-refractivity contribution in [2.24, 2.45) is 26.4 Å². The van der Waals surface area contributed by atoms with Gasteiger partial charge in [-0.25, -0.2) is 14.4 Å². The van der Waals surface area contributed by atoms with E-state index >= 15 is 0 Å². The van der Waals surface area contributed by atoms with Gasteiger partial charge >= 0.3 is 0 Å². The Hall–Kier alpha value is -4.99. The topological polar surface area (TPSA) is 173 Å². The lowest BCUT2D eigenvalue weighted by Gasteiger charge is -2.02. The van der Waals surface area contributed by atoms with Crippen LogP contribution in [0.4, 0.5) is 17.1 Å². The van der Waals surface area contributed by atoms with Gasteiger partial charge < -0.3 is 16.2 Å². The highest BCUT2D eigenvalue weighted by molar-refractivity contribution is 5.66. The van der Waals surface area contributed by atoms with Gasteiger partial charge in [-0.1, -0.05) is 36.8 Å². The number of benzene rings is 3. The summed E-state index contributed by atoms with van der Waals surface area (Å²) in [4.78, 5) is 40.4. The Kier molecular flexibility index (Phi) is 15.7. The van der Waals surface area contributed by atoms with E-state index in [1.807, 2.05) is 24.3 Å². The molecule has 0 fully saturated rings. The van der Waals surface area contributed by atoms with Gasteiger partial charge in [-0.05, 0) is 85.9 Å². The first-order valence-corrected chi connectivity index (χ1v) is 11.5. The third-order valence-electron chi connectivity index (χ3n) is 4.83. The summed E-state index contributed by atoms with van der Waals surface area (Å²) in [6.45, 7) is 3.41. The zero-order valence-corrected chi connectivity index (χ0v) is 21.0. The molecule has 0 unspecified atom stereocenters. The average molecular weight is 513 g/mol. The first-order valence-electron chi connectivity index (χ1n) is 11.5. The smallest absolute Gasteiger partial charge is 0.292 e. The fourth-order valence-corrected chi connectivity index (χ4v) is 2.90. The molecule has 194 valence electrons. The van der Waals surface area contributed by atoms with E-state index in [-0.39, 0.29) is 0 Å². The van der Waals surface area contributed by atoms with E-state index in [0.29, 0.717) is 22.8 Å². The average Bonchev–Trinajstić information content (AvgIpc) is 2.93. The predicted octanol–water partition coefficient (Wildman–Crippen LogP) is 5.18. The molecule has 0 amide bonds. The van der Waals surface area contributed by atoms with E-state index in [2.05, 4.69) is 15.0 Å². The molecule has 0 radical (unpaired) electrons. The first-order chi connectivity index (χ1) is 18.5. The molecule has 10 heteroatoms. The molecule has 0 atom stereocenters. The lowest BCUT2D eigenvalue weighted by atomic mass is 10.1. The summed E-state index contributed by atoms with van der Waals surface area (Å²) in [5.41, 5.74) is 14.7. The van der Waals surface area contributed by atoms with Crippen LogP contribution in [0.5, 0.6) is 5.75 Å². The Labute approximate surface area is 221 Å². The van der Waals surface area contributed by atoms with E-state index < -0.39 is 0 Å². The number of hydrogen-bond donors (Lipinski definition) is 2. The number of aryl methyl sites for hydroxylation is 1. The number of isocyanates is 3. The van der Waals surface area contributed by atoms with Crippen molar-refractivity contribution in [1.29, 1.82) is 5.26 Å². The molecule has 3 rings (SSSR count). The van der Waals surface area contributed by atoms with E-state index in [1.54, 1.807) is 49.6 Å². The molecular weight excluding hydrogens is 484 g/mol. The highest BCUT2D eigenvalue weighted by Crippen LogP contribution is 2.25. The zero-order valence-electron chi connectivity index (χ0n) is 21.0. The monoisotopic (exact) mass is 512 g/mol. The lowest BCUT2D eigenvalue weighted by molar-refractivity contribution is 0.507. The molecule has 3 aromatic rings. The summed E-state index contributed by atoms with van der Waals surface area (Å²) >= 11 is 0. The number of nitriles is 1. The van der Waals surface area contributed by atoms with Gasteiger partial charge in [-0.15, -0.1) is 5.26 Å². The molecule has 4 N–H and O–H groups in total. The molecule has 38 heavy (non-hydrogen) atoms. The highest BCUT2D eigenvalue weighted by Gasteiger charge is 1.99. The predicted molar refractivity (Wildman–Crippen MR) is 145 cm³/mol. The van der Waals surface area contributed by atoms with Crippen molar-refractivity contribution in [3.63, 3.8) is 0 Å². The first kappa shape index (κ1) is 31.0. The molecule has 0 aliphatic carbocycles. The van der Waals surface area contributed by atoms with Gasteiger partial charge in [0.1, 0.15) is 5.75 Å². The van der Waals surface area contributed by atoms with Gasteiger partial charge in [0, 0.05) is 0 Å².